The lowest BCUT2D eigenvalue weighted by atomic mass is 9.98. The summed E-state index contributed by atoms with van der Waals surface area (Å²) in [5, 5.41) is 20.7. The van der Waals surface area contributed by atoms with Gasteiger partial charge >= 0.3 is 12.0 Å². The van der Waals surface area contributed by atoms with Crippen LogP contribution in [0.4, 0.5) is 4.79 Å². The number of urea groups is 1. The molecule has 0 aromatic carbocycles. The molecule has 1 saturated heterocycles. The van der Waals surface area contributed by atoms with Gasteiger partial charge in [0.1, 0.15) is 5.54 Å². The van der Waals surface area contributed by atoms with Crippen LogP contribution >= 0.6 is 0 Å². The molecule has 1 aliphatic heterocycles. The number of amides is 2. The average Bonchev–Trinajstić information content (AvgIpc) is 2.81. The number of β-amino-alcohol motifs (C(OH)–C–C–N with tert-alkyl or cyclic N) is 1. The summed E-state index contributed by atoms with van der Waals surface area (Å²) in [7, 11) is 0. The Kier molecular flexibility index (Phi) is 1.94. The molecule has 0 unspecified atom stereocenters. The predicted molar refractivity (Wildman–Crippen MR) is 50.3 cm³/mol. The van der Waals surface area contributed by atoms with E-state index in [1.807, 2.05) is 0 Å². The van der Waals surface area contributed by atoms with E-state index in [0.29, 0.717) is 12.8 Å². The van der Waals surface area contributed by atoms with E-state index in [0.717, 1.165) is 0 Å². The van der Waals surface area contributed by atoms with E-state index in [2.05, 4.69) is 5.32 Å². The molecule has 84 valence electrons. The lowest BCUT2D eigenvalue weighted by molar-refractivity contribution is -0.140. The predicted octanol–water partition coefficient (Wildman–Crippen LogP) is -0.620. The molecule has 2 fully saturated rings. The van der Waals surface area contributed by atoms with Crippen molar-refractivity contribution in [2.24, 2.45) is 0 Å². The van der Waals surface area contributed by atoms with Crippen LogP contribution in [-0.4, -0.2) is 51.3 Å². The smallest absolute Gasteiger partial charge is 0.329 e. The maximum absolute atomic E-state index is 11.5. The Hall–Kier alpha value is -1.30. The molecule has 2 aliphatic rings. The fourth-order valence-corrected chi connectivity index (χ4v) is 1.72. The molecule has 6 heteroatoms. The van der Waals surface area contributed by atoms with Crippen LogP contribution in [0.2, 0.25) is 0 Å². The standard InChI is InChI=1S/C9H14N2O4/c1-8(15)4-11(5-8)7(14)10-9(2-3-9)6(12)13/h15H,2-5H2,1H3,(H,10,14)(H,12,13). The van der Waals surface area contributed by atoms with Crippen molar-refractivity contribution in [2.45, 2.75) is 30.9 Å². The number of likely N-dealkylation sites (tertiary alicyclic amines) is 1. The van der Waals surface area contributed by atoms with Crippen LogP contribution in [-0.2, 0) is 4.79 Å². The maximum Gasteiger partial charge on any atom is 0.329 e. The third-order valence-electron chi connectivity index (χ3n) is 2.86. The zero-order valence-electron chi connectivity index (χ0n) is 8.49. The van der Waals surface area contributed by atoms with Crippen LogP contribution in [0.1, 0.15) is 19.8 Å². The summed E-state index contributed by atoms with van der Waals surface area (Å²) in [6.45, 7) is 2.16. The Morgan fingerprint density at radius 3 is 2.20 bits per heavy atom. The van der Waals surface area contributed by atoms with E-state index in [1.165, 1.54) is 4.90 Å². The van der Waals surface area contributed by atoms with Gasteiger partial charge in [-0.05, 0) is 19.8 Å². The summed E-state index contributed by atoms with van der Waals surface area (Å²) >= 11 is 0. The van der Waals surface area contributed by atoms with Crippen molar-refractivity contribution in [3.8, 4) is 0 Å². The van der Waals surface area contributed by atoms with Crippen molar-refractivity contribution >= 4 is 12.0 Å². The molecule has 0 aromatic rings. The summed E-state index contributed by atoms with van der Waals surface area (Å²) in [5.41, 5.74) is -1.87. The highest BCUT2D eigenvalue weighted by molar-refractivity contribution is 5.89. The van der Waals surface area contributed by atoms with Gasteiger partial charge in [-0.2, -0.15) is 0 Å². The fraction of sp³-hybridized carbons (Fsp3) is 0.778. The highest BCUT2D eigenvalue weighted by Gasteiger charge is 2.53. The third-order valence-corrected chi connectivity index (χ3v) is 2.86. The number of carboxylic acid groups (broad SMARTS) is 1. The molecule has 2 rings (SSSR count). The van der Waals surface area contributed by atoms with Crippen LogP contribution in [0.25, 0.3) is 0 Å². The molecular formula is C9H14N2O4. The van der Waals surface area contributed by atoms with Gasteiger partial charge in [0.2, 0.25) is 0 Å². The zero-order chi connectivity index (χ0) is 11.3. The molecule has 1 saturated carbocycles. The molecule has 1 aliphatic carbocycles. The van der Waals surface area contributed by atoms with Crippen LogP contribution < -0.4 is 5.32 Å². The topological polar surface area (TPSA) is 89.9 Å². The molecular weight excluding hydrogens is 200 g/mol. The molecule has 0 aromatic heterocycles. The summed E-state index contributed by atoms with van der Waals surface area (Å²) in [6.07, 6.45) is 0.969. The Labute approximate surface area is 86.9 Å². The number of aliphatic carboxylic acids is 1. The number of aliphatic hydroxyl groups is 1. The summed E-state index contributed by atoms with van der Waals surface area (Å²) in [6, 6.07) is -0.401. The molecule has 0 atom stereocenters. The van der Waals surface area contributed by atoms with Crippen molar-refractivity contribution in [3.63, 3.8) is 0 Å². The quantitative estimate of drug-likeness (QED) is 0.571. The lowest BCUT2D eigenvalue weighted by Gasteiger charge is -2.44. The maximum atomic E-state index is 11.5. The summed E-state index contributed by atoms with van der Waals surface area (Å²) in [5.74, 6) is -0.983. The minimum atomic E-state index is -1.04. The first-order valence-corrected chi connectivity index (χ1v) is 4.88. The highest BCUT2D eigenvalue weighted by atomic mass is 16.4. The van der Waals surface area contributed by atoms with Gasteiger partial charge in [-0.3, -0.25) is 0 Å². The van der Waals surface area contributed by atoms with Crippen LogP contribution in [0.3, 0.4) is 0 Å². The van der Waals surface area contributed by atoms with E-state index in [9.17, 15) is 14.7 Å². The van der Waals surface area contributed by atoms with Crippen LogP contribution in [0.15, 0.2) is 0 Å². The second-order valence-corrected chi connectivity index (χ2v) is 4.67. The number of carbonyl (C=O) groups is 2. The first-order chi connectivity index (χ1) is 6.85. The van der Waals surface area contributed by atoms with E-state index in [4.69, 9.17) is 5.11 Å². The molecule has 0 spiro atoms. The van der Waals surface area contributed by atoms with Crippen LogP contribution in [0, 0.1) is 0 Å². The Balaban J connectivity index is 1.87. The fourth-order valence-electron chi connectivity index (χ4n) is 1.72. The first kappa shape index (κ1) is 10.2. The number of nitrogens with zero attached hydrogens (tertiary/aromatic N) is 1. The van der Waals surface area contributed by atoms with Gasteiger partial charge in [0, 0.05) is 0 Å². The van der Waals surface area contributed by atoms with Crippen molar-refractivity contribution < 1.29 is 19.8 Å². The number of carbonyl (C=O) groups excluding carboxylic acids is 1. The number of rotatable bonds is 2. The van der Waals surface area contributed by atoms with Crippen LogP contribution in [0.5, 0.6) is 0 Å². The van der Waals surface area contributed by atoms with Gasteiger partial charge in [-0.15, -0.1) is 0 Å². The molecule has 15 heavy (non-hydrogen) atoms. The SMILES string of the molecule is CC1(O)CN(C(=O)NC2(C(=O)O)CC2)C1. The normalized spacial score (nSPS) is 25.3. The van der Waals surface area contributed by atoms with E-state index in [1.54, 1.807) is 6.92 Å². The zero-order valence-corrected chi connectivity index (χ0v) is 8.49. The number of hydrogen-bond acceptors (Lipinski definition) is 3. The Bertz CT molecular complexity index is 314. The van der Waals surface area contributed by atoms with Crippen molar-refractivity contribution in [2.75, 3.05) is 13.1 Å². The third kappa shape index (κ3) is 1.77. The number of nitrogens with one attached hydrogen (secondary N) is 1. The lowest BCUT2D eigenvalue weighted by Crippen LogP contribution is -2.65. The van der Waals surface area contributed by atoms with Gasteiger partial charge in [0.05, 0.1) is 18.7 Å². The molecule has 3 N–H and O–H groups in total. The van der Waals surface area contributed by atoms with Gasteiger partial charge in [0.15, 0.2) is 0 Å². The molecule has 0 bridgehead atoms. The molecule has 1 heterocycles. The Morgan fingerprint density at radius 2 is 1.87 bits per heavy atom. The Morgan fingerprint density at radius 1 is 1.33 bits per heavy atom. The summed E-state index contributed by atoms with van der Waals surface area (Å²) < 4.78 is 0. The van der Waals surface area contributed by atoms with E-state index in [-0.39, 0.29) is 13.1 Å². The number of hydrogen-bond donors (Lipinski definition) is 3. The monoisotopic (exact) mass is 214 g/mol. The van der Waals surface area contributed by atoms with Gasteiger partial charge in [0.25, 0.3) is 0 Å². The minimum Gasteiger partial charge on any atom is -0.480 e. The molecule has 2 amide bonds. The minimum absolute atomic E-state index is 0.258. The highest BCUT2D eigenvalue weighted by Crippen LogP contribution is 2.36. The number of carboxylic acids is 1. The average molecular weight is 214 g/mol. The van der Waals surface area contributed by atoms with E-state index < -0.39 is 23.1 Å². The van der Waals surface area contributed by atoms with Gasteiger partial charge in [-0.25, -0.2) is 9.59 Å². The van der Waals surface area contributed by atoms with Gasteiger partial charge in [-0.1, -0.05) is 0 Å². The van der Waals surface area contributed by atoms with Crippen molar-refractivity contribution in [3.05, 3.63) is 0 Å². The molecule has 6 nitrogen and oxygen atoms in total. The second-order valence-electron chi connectivity index (χ2n) is 4.67. The van der Waals surface area contributed by atoms with Crippen molar-refractivity contribution in [1.82, 2.24) is 10.2 Å². The van der Waals surface area contributed by atoms with Gasteiger partial charge < -0.3 is 20.4 Å². The second kappa shape index (κ2) is 2.85. The summed E-state index contributed by atoms with van der Waals surface area (Å²) in [4.78, 5) is 23.7. The molecule has 0 radical (unpaired) electrons. The first-order valence-electron chi connectivity index (χ1n) is 4.88. The van der Waals surface area contributed by atoms with E-state index >= 15 is 0 Å². The van der Waals surface area contributed by atoms with Crippen molar-refractivity contribution in [1.29, 1.82) is 0 Å². The largest absolute Gasteiger partial charge is 0.480 e.